The summed E-state index contributed by atoms with van der Waals surface area (Å²) in [5.41, 5.74) is 5.82. The monoisotopic (exact) mass is 294 g/mol. The summed E-state index contributed by atoms with van der Waals surface area (Å²) in [6, 6.07) is 4.40. The van der Waals surface area contributed by atoms with Crippen LogP contribution in [0.5, 0.6) is 0 Å². The van der Waals surface area contributed by atoms with E-state index in [2.05, 4.69) is 4.72 Å². The molecule has 4 nitrogen and oxygen atoms in total. The smallest absolute Gasteiger partial charge is 0.242 e. The Hall–Kier alpha value is -0.430. The van der Waals surface area contributed by atoms with Crippen molar-refractivity contribution in [2.24, 2.45) is 0 Å². The van der Waals surface area contributed by atoms with Crippen LogP contribution in [0.3, 0.4) is 0 Å². The number of rotatable bonds is 6. The Morgan fingerprint density at radius 2 is 2.18 bits per heavy atom. The first-order valence-electron chi connectivity index (χ1n) is 5.01. The fraction of sp³-hybridized carbons (Fsp3) is 0.400. The van der Waals surface area contributed by atoms with Gasteiger partial charge >= 0.3 is 0 Å². The third kappa shape index (κ3) is 4.39. The van der Waals surface area contributed by atoms with Crippen LogP contribution in [0.1, 0.15) is 6.42 Å². The summed E-state index contributed by atoms with van der Waals surface area (Å²) >= 11 is 7.43. The predicted octanol–water partition coefficient (Wildman–Crippen LogP) is 1.95. The molecule has 0 bridgehead atoms. The van der Waals surface area contributed by atoms with Crippen LogP contribution in [0.2, 0.25) is 5.02 Å². The molecule has 96 valence electrons. The zero-order valence-corrected chi connectivity index (χ0v) is 11.8. The fourth-order valence-electron chi connectivity index (χ4n) is 1.24. The zero-order valence-electron chi connectivity index (χ0n) is 9.44. The molecule has 0 aliphatic carbocycles. The van der Waals surface area contributed by atoms with Gasteiger partial charge < -0.3 is 5.73 Å². The van der Waals surface area contributed by atoms with Crippen molar-refractivity contribution in [1.29, 1.82) is 0 Å². The number of nitrogens with two attached hydrogens (primary N) is 1. The third-order valence-corrected chi connectivity index (χ3v) is 4.53. The average molecular weight is 295 g/mol. The first-order chi connectivity index (χ1) is 7.97. The number of benzene rings is 1. The van der Waals surface area contributed by atoms with Gasteiger partial charge in [-0.25, -0.2) is 13.1 Å². The Morgan fingerprint density at radius 1 is 1.47 bits per heavy atom. The number of sulfonamides is 1. The van der Waals surface area contributed by atoms with Crippen molar-refractivity contribution in [3.63, 3.8) is 0 Å². The molecule has 0 saturated carbocycles. The summed E-state index contributed by atoms with van der Waals surface area (Å²) in [6.07, 6.45) is 2.75. The second-order valence-corrected chi connectivity index (χ2v) is 6.58. The Bertz CT molecular complexity index is 477. The summed E-state index contributed by atoms with van der Waals surface area (Å²) in [6.45, 7) is 0.398. The Labute approximate surface area is 111 Å². The standard InChI is InChI=1S/C10H15ClN2O2S2/c1-16-6-2-5-13-17(14,15)10-7-8(11)3-4-9(10)12/h3-4,7,13H,2,5-6,12H2,1H3. The molecular formula is C10H15ClN2O2S2. The highest BCUT2D eigenvalue weighted by Gasteiger charge is 2.16. The van der Waals surface area contributed by atoms with Gasteiger partial charge in [0.15, 0.2) is 0 Å². The molecule has 1 aromatic rings. The van der Waals surface area contributed by atoms with Crippen LogP contribution in [0, 0.1) is 0 Å². The highest BCUT2D eigenvalue weighted by atomic mass is 35.5. The van der Waals surface area contributed by atoms with Crippen LogP contribution in [-0.2, 0) is 10.0 Å². The molecule has 0 fully saturated rings. The van der Waals surface area contributed by atoms with Gasteiger partial charge in [-0.2, -0.15) is 11.8 Å². The van der Waals surface area contributed by atoms with Gasteiger partial charge in [0.25, 0.3) is 0 Å². The molecule has 3 N–H and O–H groups in total. The van der Waals surface area contributed by atoms with Crippen LogP contribution < -0.4 is 10.5 Å². The molecule has 0 spiro atoms. The minimum absolute atomic E-state index is 0.0363. The minimum Gasteiger partial charge on any atom is -0.398 e. The van der Waals surface area contributed by atoms with E-state index in [9.17, 15) is 8.42 Å². The van der Waals surface area contributed by atoms with Gasteiger partial charge in [-0.05, 0) is 36.6 Å². The topological polar surface area (TPSA) is 72.2 Å². The fourth-order valence-corrected chi connectivity index (χ4v) is 3.14. The Morgan fingerprint density at radius 3 is 2.82 bits per heavy atom. The number of nitrogen functional groups attached to an aromatic ring is 1. The number of halogens is 1. The van der Waals surface area contributed by atoms with E-state index < -0.39 is 10.0 Å². The van der Waals surface area contributed by atoms with Gasteiger partial charge in [0, 0.05) is 11.6 Å². The lowest BCUT2D eigenvalue weighted by Crippen LogP contribution is -2.26. The van der Waals surface area contributed by atoms with E-state index in [1.165, 1.54) is 12.1 Å². The molecule has 1 rings (SSSR count). The van der Waals surface area contributed by atoms with E-state index in [1.807, 2.05) is 6.26 Å². The van der Waals surface area contributed by atoms with E-state index in [1.54, 1.807) is 17.8 Å². The lowest BCUT2D eigenvalue weighted by molar-refractivity contribution is 0.581. The van der Waals surface area contributed by atoms with Crippen molar-refractivity contribution in [3.8, 4) is 0 Å². The molecule has 7 heteroatoms. The molecule has 0 aliphatic heterocycles. The van der Waals surface area contributed by atoms with Gasteiger partial charge in [0.1, 0.15) is 4.90 Å². The molecule has 0 aliphatic rings. The SMILES string of the molecule is CSCCCNS(=O)(=O)c1cc(Cl)ccc1N. The molecule has 0 radical (unpaired) electrons. The van der Waals surface area contributed by atoms with E-state index >= 15 is 0 Å². The van der Waals surface area contributed by atoms with Crippen LogP contribution in [0.25, 0.3) is 0 Å². The Balaban J connectivity index is 2.79. The van der Waals surface area contributed by atoms with E-state index in [0.717, 1.165) is 12.2 Å². The number of thioether (sulfide) groups is 1. The van der Waals surface area contributed by atoms with Crippen LogP contribution in [0.15, 0.2) is 23.1 Å². The van der Waals surface area contributed by atoms with Crippen molar-refractivity contribution in [2.45, 2.75) is 11.3 Å². The lowest BCUT2D eigenvalue weighted by Gasteiger charge is -2.09. The summed E-state index contributed by atoms with van der Waals surface area (Å²) in [7, 11) is -3.56. The third-order valence-electron chi connectivity index (χ3n) is 2.08. The minimum atomic E-state index is -3.56. The van der Waals surface area contributed by atoms with Crippen molar-refractivity contribution >= 4 is 39.1 Å². The predicted molar refractivity (Wildman–Crippen MR) is 74.1 cm³/mol. The second-order valence-electron chi connectivity index (χ2n) is 3.43. The molecule has 1 aromatic carbocycles. The quantitative estimate of drug-likeness (QED) is 0.621. The molecular weight excluding hydrogens is 280 g/mol. The van der Waals surface area contributed by atoms with Gasteiger partial charge in [0.2, 0.25) is 10.0 Å². The maximum absolute atomic E-state index is 11.9. The highest BCUT2D eigenvalue weighted by molar-refractivity contribution is 7.98. The summed E-state index contributed by atoms with van der Waals surface area (Å²) in [5, 5.41) is 0.351. The Kier molecular flexibility index (Phi) is 5.58. The normalized spacial score (nSPS) is 11.6. The van der Waals surface area contributed by atoms with Crippen molar-refractivity contribution in [2.75, 3.05) is 24.3 Å². The van der Waals surface area contributed by atoms with Crippen molar-refractivity contribution in [3.05, 3.63) is 23.2 Å². The molecule has 0 heterocycles. The first kappa shape index (κ1) is 14.6. The van der Waals surface area contributed by atoms with E-state index in [-0.39, 0.29) is 10.6 Å². The van der Waals surface area contributed by atoms with Gasteiger partial charge in [-0.3, -0.25) is 0 Å². The molecule has 0 unspecified atom stereocenters. The maximum atomic E-state index is 11.9. The number of nitrogens with one attached hydrogen (secondary N) is 1. The first-order valence-corrected chi connectivity index (χ1v) is 8.26. The van der Waals surface area contributed by atoms with Crippen LogP contribution >= 0.6 is 23.4 Å². The van der Waals surface area contributed by atoms with Gasteiger partial charge in [-0.1, -0.05) is 11.6 Å². The lowest BCUT2D eigenvalue weighted by atomic mass is 10.3. The largest absolute Gasteiger partial charge is 0.398 e. The molecule has 0 atom stereocenters. The number of hydrogen-bond donors (Lipinski definition) is 2. The summed E-state index contributed by atoms with van der Waals surface area (Å²) in [4.78, 5) is 0.0363. The molecule has 0 amide bonds. The van der Waals surface area contributed by atoms with E-state index in [4.69, 9.17) is 17.3 Å². The average Bonchev–Trinajstić information content (AvgIpc) is 2.28. The maximum Gasteiger partial charge on any atom is 0.242 e. The summed E-state index contributed by atoms with van der Waals surface area (Å²) < 4.78 is 26.3. The van der Waals surface area contributed by atoms with Crippen LogP contribution in [-0.4, -0.2) is 27.0 Å². The zero-order chi connectivity index (χ0) is 12.9. The van der Waals surface area contributed by atoms with Gasteiger partial charge in [0.05, 0.1) is 5.69 Å². The molecule has 0 saturated heterocycles. The van der Waals surface area contributed by atoms with Crippen molar-refractivity contribution in [1.82, 2.24) is 4.72 Å². The number of hydrogen-bond acceptors (Lipinski definition) is 4. The highest BCUT2D eigenvalue weighted by Crippen LogP contribution is 2.22. The van der Waals surface area contributed by atoms with E-state index in [0.29, 0.717) is 11.6 Å². The molecule has 0 aromatic heterocycles. The second kappa shape index (κ2) is 6.49. The van der Waals surface area contributed by atoms with Gasteiger partial charge in [-0.15, -0.1) is 0 Å². The van der Waals surface area contributed by atoms with Crippen LogP contribution in [0.4, 0.5) is 5.69 Å². The van der Waals surface area contributed by atoms with Crippen molar-refractivity contribution < 1.29 is 8.42 Å². The summed E-state index contributed by atoms with van der Waals surface area (Å²) in [5.74, 6) is 0.910. The number of anilines is 1. The molecule has 17 heavy (non-hydrogen) atoms.